The van der Waals surface area contributed by atoms with Crippen molar-refractivity contribution in [3.05, 3.63) is 23.8 Å². The number of hydrogen-bond acceptors (Lipinski definition) is 4. The molecular weight excluding hydrogens is 260 g/mol. The number of carboxylic acids is 1. The summed E-state index contributed by atoms with van der Waals surface area (Å²) >= 11 is 0. The van der Waals surface area contributed by atoms with E-state index in [-0.39, 0.29) is 0 Å². The smallest absolute Gasteiger partial charge is 0.329 e. The topological polar surface area (TPSA) is 108 Å². The van der Waals surface area contributed by atoms with Crippen molar-refractivity contribution in [3.63, 3.8) is 0 Å². The van der Waals surface area contributed by atoms with Gasteiger partial charge in [-0.05, 0) is 31.0 Å². The van der Waals surface area contributed by atoms with Gasteiger partial charge in [0, 0.05) is 5.56 Å². The van der Waals surface area contributed by atoms with Crippen LogP contribution in [-0.4, -0.2) is 37.9 Å². The van der Waals surface area contributed by atoms with Crippen LogP contribution >= 0.6 is 0 Å². The Kier molecular flexibility index (Phi) is 3.69. The van der Waals surface area contributed by atoms with E-state index in [1.807, 2.05) is 0 Å². The summed E-state index contributed by atoms with van der Waals surface area (Å²) in [6, 6.07) is 4.83. The zero-order valence-corrected chi connectivity index (χ0v) is 11.3. The van der Waals surface area contributed by atoms with Crippen LogP contribution in [0.4, 0.5) is 0 Å². The number of aromatic nitrogens is 3. The van der Waals surface area contributed by atoms with E-state index in [0.717, 1.165) is 0 Å². The highest BCUT2D eigenvalue weighted by atomic mass is 16.4. The number of rotatable bonds is 5. The van der Waals surface area contributed by atoms with Gasteiger partial charge in [0.2, 0.25) is 0 Å². The molecule has 1 aromatic heterocycles. The first-order chi connectivity index (χ1) is 9.52. The van der Waals surface area contributed by atoms with E-state index in [2.05, 4.69) is 20.7 Å². The number of fused-ring (bicyclic) bond motifs is 1. The van der Waals surface area contributed by atoms with Gasteiger partial charge in [-0.3, -0.25) is 4.79 Å². The summed E-state index contributed by atoms with van der Waals surface area (Å²) in [5.41, 5.74) is 0.332. The molecule has 0 spiro atoms. The van der Waals surface area contributed by atoms with Gasteiger partial charge in [0.05, 0.1) is 0 Å². The Labute approximate surface area is 115 Å². The van der Waals surface area contributed by atoms with Gasteiger partial charge >= 0.3 is 5.97 Å². The Bertz CT molecular complexity index is 646. The predicted molar refractivity (Wildman–Crippen MR) is 72.3 cm³/mol. The lowest BCUT2D eigenvalue weighted by Gasteiger charge is -2.28. The van der Waals surface area contributed by atoms with E-state index in [9.17, 15) is 14.7 Å². The first-order valence-electron chi connectivity index (χ1n) is 6.39. The second-order valence-corrected chi connectivity index (χ2v) is 4.58. The Morgan fingerprint density at radius 2 is 1.90 bits per heavy atom. The number of benzene rings is 1. The molecule has 1 aromatic carbocycles. The lowest BCUT2D eigenvalue weighted by atomic mass is 9.92. The molecule has 3 N–H and O–H groups in total. The molecule has 2 aromatic rings. The van der Waals surface area contributed by atoms with Crippen molar-refractivity contribution in [2.24, 2.45) is 0 Å². The van der Waals surface area contributed by atoms with E-state index < -0.39 is 17.4 Å². The van der Waals surface area contributed by atoms with Crippen LogP contribution in [-0.2, 0) is 4.79 Å². The van der Waals surface area contributed by atoms with Gasteiger partial charge in [-0.15, -0.1) is 0 Å². The van der Waals surface area contributed by atoms with Crippen LogP contribution in [0.3, 0.4) is 0 Å². The first kappa shape index (κ1) is 14.0. The van der Waals surface area contributed by atoms with Gasteiger partial charge in [-0.1, -0.05) is 13.8 Å². The fourth-order valence-electron chi connectivity index (χ4n) is 2.05. The highest BCUT2D eigenvalue weighted by Gasteiger charge is 2.36. The SMILES string of the molecule is CCC(CC)(NC(=O)c1ccc2n[nH]nc2c1)C(=O)O. The number of aliphatic carboxylic acids is 1. The Morgan fingerprint density at radius 1 is 1.25 bits per heavy atom. The molecule has 7 nitrogen and oxygen atoms in total. The van der Waals surface area contributed by atoms with E-state index in [1.165, 1.54) is 0 Å². The van der Waals surface area contributed by atoms with Crippen LogP contribution in [0, 0.1) is 0 Å². The number of amides is 1. The molecule has 0 aliphatic rings. The Balaban J connectivity index is 2.28. The quantitative estimate of drug-likeness (QED) is 0.763. The normalized spacial score (nSPS) is 11.5. The fraction of sp³-hybridized carbons (Fsp3) is 0.385. The van der Waals surface area contributed by atoms with Gasteiger partial charge in [0.25, 0.3) is 5.91 Å². The molecule has 20 heavy (non-hydrogen) atoms. The van der Waals surface area contributed by atoms with Crippen molar-refractivity contribution in [3.8, 4) is 0 Å². The molecule has 0 fully saturated rings. The number of nitrogens with one attached hydrogen (secondary N) is 2. The molecule has 7 heteroatoms. The standard InChI is InChI=1S/C13H16N4O3/c1-3-13(4-2,12(19)20)14-11(18)8-5-6-9-10(7-8)16-17-15-9/h5-7H,3-4H2,1-2H3,(H,14,18)(H,19,20)(H,15,16,17). The van der Waals surface area contributed by atoms with Crippen LogP contribution in [0.25, 0.3) is 11.0 Å². The van der Waals surface area contributed by atoms with Gasteiger partial charge in [-0.25, -0.2) is 4.79 Å². The predicted octanol–water partition coefficient (Wildman–Crippen LogP) is 1.33. The van der Waals surface area contributed by atoms with Crippen LogP contribution in [0.15, 0.2) is 18.2 Å². The maximum Gasteiger partial charge on any atom is 0.329 e. The molecule has 0 saturated carbocycles. The largest absolute Gasteiger partial charge is 0.480 e. The second-order valence-electron chi connectivity index (χ2n) is 4.58. The maximum absolute atomic E-state index is 12.2. The number of carboxylic acid groups (broad SMARTS) is 1. The highest BCUT2D eigenvalue weighted by Crippen LogP contribution is 2.17. The summed E-state index contributed by atoms with van der Waals surface area (Å²) in [4.78, 5) is 23.6. The molecule has 0 saturated heterocycles. The number of nitrogens with zero attached hydrogens (tertiary/aromatic N) is 2. The Morgan fingerprint density at radius 3 is 2.50 bits per heavy atom. The molecule has 0 atom stereocenters. The number of carbonyl (C=O) groups excluding carboxylic acids is 1. The van der Waals surface area contributed by atoms with Crippen molar-refractivity contribution >= 4 is 22.9 Å². The van der Waals surface area contributed by atoms with Crippen LogP contribution in [0.1, 0.15) is 37.0 Å². The molecule has 0 bridgehead atoms. The lowest BCUT2D eigenvalue weighted by Crippen LogP contribution is -2.53. The van der Waals surface area contributed by atoms with Crippen molar-refractivity contribution in [1.82, 2.24) is 20.7 Å². The maximum atomic E-state index is 12.2. The first-order valence-corrected chi connectivity index (χ1v) is 6.39. The third kappa shape index (κ3) is 2.34. The third-order valence-corrected chi connectivity index (χ3v) is 3.55. The minimum atomic E-state index is -1.24. The number of hydrogen-bond donors (Lipinski definition) is 3. The van der Waals surface area contributed by atoms with Gasteiger partial charge in [-0.2, -0.15) is 15.4 Å². The molecule has 2 rings (SSSR count). The second kappa shape index (κ2) is 5.28. The van der Waals surface area contributed by atoms with Gasteiger partial charge in [0.15, 0.2) is 0 Å². The van der Waals surface area contributed by atoms with E-state index >= 15 is 0 Å². The van der Waals surface area contributed by atoms with Gasteiger partial charge in [0.1, 0.15) is 16.6 Å². The number of H-pyrrole nitrogens is 1. The molecule has 0 aliphatic carbocycles. The third-order valence-electron chi connectivity index (χ3n) is 3.55. The van der Waals surface area contributed by atoms with Crippen LogP contribution < -0.4 is 5.32 Å². The van der Waals surface area contributed by atoms with Crippen molar-refractivity contribution < 1.29 is 14.7 Å². The minimum Gasteiger partial charge on any atom is -0.480 e. The Hall–Kier alpha value is -2.44. The molecule has 1 amide bonds. The molecule has 0 aliphatic heterocycles. The molecular formula is C13H16N4O3. The van der Waals surface area contributed by atoms with E-state index in [1.54, 1.807) is 32.0 Å². The van der Waals surface area contributed by atoms with E-state index in [0.29, 0.717) is 29.4 Å². The zero-order chi connectivity index (χ0) is 14.8. The summed E-state index contributed by atoms with van der Waals surface area (Å²) in [5.74, 6) is -1.46. The summed E-state index contributed by atoms with van der Waals surface area (Å²) in [7, 11) is 0. The van der Waals surface area contributed by atoms with Crippen molar-refractivity contribution in [2.75, 3.05) is 0 Å². The number of aromatic amines is 1. The van der Waals surface area contributed by atoms with Crippen molar-refractivity contribution in [1.29, 1.82) is 0 Å². The number of carbonyl (C=O) groups is 2. The molecule has 106 valence electrons. The molecule has 0 unspecified atom stereocenters. The van der Waals surface area contributed by atoms with Gasteiger partial charge < -0.3 is 10.4 Å². The average Bonchev–Trinajstić information content (AvgIpc) is 2.91. The summed E-state index contributed by atoms with van der Waals surface area (Å²) in [5, 5.41) is 22.2. The summed E-state index contributed by atoms with van der Waals surface area (Å²) in [6.07, 6.45) is 0.632. The molecule has 0 radical (unpaired) electrons. The highest BCUT2D eigenvalue weighted by molar-refractivity contribution is 6.00. The monoisotopic (exact) mass is 276 g/mol. The average molecular weight is 276 g/mol. The summed E-state index contributed by atoms with van der Waals surface area (Å²) < 4.78 is 0. The van der Waals surface area contributed by atoms with E-state index in [4.69, 9.17) is 0 Å². The van der Waals surface area contributed by atoms with Crippen LogP contribution in [0.5, 0.6) is 0 Å². The molecule has 1 heterocycles. The summed E-state index contributed by atoms with van der Waals surface area (Å²) in [6.45, 7) is 3.47. The zero-order valence-electron chi connectivity index (χ0n) is 11.3. The van der Waals surface area contributed by atoms with Crippen molar-refractivity contribution in [2.45, 2.75) is 32.2 Å². The minimum absolute atomic E-state index is 0.316. The van der Waals surface area contributed by atoms with Crippen LogP contribution in [0.2, 0.25) is 0 Å². The fourth-order valence-corrected chi connectivity index (χ4v) is 2.05. The lowest BCUT2D eigenvalue weighted by molar-refractivity contribution is -0.144.